The first kappa shape index (κ1) is 17.1. The third-order valence-electron chi connectivity index (χ3n) is 3.37. The second kappa shape index (κ2) is 6.66. The van der Waals surface area contributed by atoms with Gasteiger partial charge in [-0.15, -0.1) is 10.2 Å². The molecule has 0 saturated heterocycles. The smallest absolute Gasteiger partial charge is 0.296 e. The third-order valence-corrected chi connectivity index (χ3v) is 4.77. The Hall–Kier alpha value is -1.70. The molecule has 5 nitrogen and oxygen atoms in total. The van der Waals surface area contributed by atoms with Crippen LogP contribution >= 0.6 is 43.5 Å². The maximum absolute atomic E-state index is 12.2. The van der Waals surface area contributed by atoms with Crippen molar-refractivity contribution in [2.24, 2.45) is 10.2 Å². The van der Waals surface area contributed by atoms with E-state index >= 15 is 0 Å². The summed E-state index contributed by atoms with van der Waals surface area (Å²) in [4.78, 5) is 15.0. The molecule has 122 valence electrons. The minimum atomic E-state index is -0.581. The van der Waals surface area contributed by atoms with Crippen molar-refractivity contribution in [3.8, 4) is 5.88 Å². The van der Waals surface area contributed by atoms with E-state index in [1.165, 1.54) is 0 Å². The molecule has 0 radical (unpaired) electrons. The summed E-state index contributed by atoms with van der Waals surface area (Å²) in [6.07, 6.45) is 0. The van der Waals surface area contributed by atoms with Gasteiger partial charge in [0.1, 0.15) is 0 Å². The SMILES string of the molecule is Cc1ccc(C(=O)N=Nc2c(O)[nH]c3c(Br)cc(Br)cc23)c(Cl)c1. The van der Waals surface area contributed by atoms with Crippen molar-refractivity contribution in [1.29, 1.82) is 0 Å². The first-order valence-corrected chi connectivity index (χ1v) is 8.75. The van der Waals surface area contributed by atoms with E-state index in [4.69, 9.17) is 11.6 Å². The summed E-state index contributed by atoms with van der Waals surface area (Å²) in [6.45, 7) is 1.88. The second-order valence-corrected chi connectivity index (χ2v) is 7.30. The van der Waals surface area contributed by atoms with Crippen molar-refractivity contribution in [2.45, 2.75) is 6.92 Å². The number of aryl methyl sites for hydroxylation is 1. The van der Waals surface area contributed by atoms with Gasteiger partial charge in [-0.3, -0.25) is 4.79 Å². The van der Waals surface area contributed by atoms with Crippen molar-refractivity contribution in [3.63, 3.8) is 0 Å². The number of hydrogen-bond acceptors (Lipinski definition) is 3. The molecule has 0 aliphatic carbocycles. The number of hydrogen-bond donors (Lipinski definition) is 2. The van der Waals surface area contributed by atoms with Gasteiger partial charge in [0.25, 0.3) is 5.91 Å². The summed E-state index contributed by atoms with van der Waals surface area (Å²) in [5.41, 5.74) is 2.04. The van der Waals surface area contributed by atoms with E-state index in [0.29, 0.717) is 15.9 Å². The average molecular weight is 472 g/mol. The Balaban J connectivity index is 2.01. The number of nitrogens with one attached hydrogen (secondary N) is 1. The van der Waals surface area contributed by atoms with E-state index in [-0.39, 0.29) is 17.1 Å². The molecule has 0 spiro atoms. The minimum absolute atomic E-state index is 0.171. The van der Waals surface area contributed by atoms with Gasteiger partial charge in [-0.2, -0.15) is 0 Å². The number of aromatic nitrogens is 1. The number of carbonyl (C=O) groups excluding carboxylic acids is 1. The molecule has 0 unspecified atom stereocenters. The molecule has 24 heavy (non-hydrogen) atoms. The molecule has 3 rings (SSSR count). The Bertz CT molecular complexity index is 999. The van der Waals surface area contributed by atoms with E-state index in [1.807, 2.05) is 13.0 Å². The molecule has 1 heterocycles. The molecule has 8 heteroatoms. The molecule has 0 bridgehead atoms. The lowest BCUT2D eigenvalue weighted by Crippen LogP contribution is -1.95. The van der Waals surface area contributed by atoms with Gasteiger partial charge >= 0.3 is 0 Å². The normalized spacial score (nSPS) is 11.5. The molecular weight excluding hydrogens is 461 g/mol. The van der Waals surface area contributed by atoms with Gasteiger partial charge in [0.2, 0.25) is 5.88 Å². The van der Waals surface area contributed by atoms with Crippen LogP contribution in [-0.4, -0.2) is 16.0 Å². The first-order chi connectivity index (χ1) is 11.4. The molecule has 0 saturated carbocycles. The number of fused-ring (bicyclic) bond motifs is 1. The van der Waals surface area contributed by atoms with Gasteiger partial charge in [-0.1, -0.05) is 33.6 Å². The molecular formula is C16H10Br2ClN3O2. The van der Waals surface area contributed by atoms with Crippen molar-refractivity contribution < 1.29 is 9.90 Å². The summed E-state index contributed by atoms with van der Waals surface area (Å²) in [6, 6.07) is 8.65. The van der Waals surface area contributed by atoms with Crippen LogP contribution in [0.5, 0.6) is 5.88 Å². The largest absolute Gasteiger partial charge is 0.493 e. The highest BCUT2D eigenvalue weighted by atomic mass is 79.9. The average Bonchev–Trinajstić information content (AvgIpc) is 2.81. The Kier molecular flexibility index (Phi) is 4.76. The highest BCUT2D eigenvalue weighted by Gasteiger charge is 2.15. The molecule has 1 aromatic heterocycles. The Labute approximate surface area is 159 Å². The number of halogens is 3. The molecule has 0 fully saturated rings. The van der Waals surface area contributed by atoms with Crippen LogP contribution in [0.1, 0.15) is 15.9 Å². The Morgan fingerprint density at radius 2 is 2.00 bits per heavy atom. The number of aromatic amines is 1. The summed E-state index contributed by atoms with van der Waals surface area (Å²) in [5.74, 6) is -0.752. The lowest BCUT2D eigenvalue weighted by atomic mass is 10.1. The zero-order valence-electron chi connectivity index (χ0n) is 12.3. The first-order valence-electron chi connectivity index (χ1n) is 6.78. The molecule has 2 N–H and O–H groups in total. The van der Waals surface area contributed by atoms with Gasteiger partial charge in [-0.25, -0.2) is 0 Å². The van der Waals surface area contributed by atoms with E-state index in [9.17, 15) is 9.90 Å². The van der Waals surface area contributed by atoms with Gasteiger partial charge < -0.3 is 10.1 Å². The molecule has 0 aliphatic heterocycles. The number of H-pyrrole nitrogens is 1. The molecule has 0 atom stereocenters. The van der Waals surface area contributed by atoms with E-state index < -0.39 is 5.91 Å². The van der Waals surface area contributed by atoms with Gasteiger partial charge in [-0.05, 0) is 52.7 Å². The maximum Gasteiger partial charge on any atom is 0.296 e. The number of aromatic hydroxyl groups is 1. The number of amides is 1. The number of azo groups is 1. The van der Waals surface area contributed by atoms with Gasteiger partial charge in [0, 0.05) is 14.3 Å². The van der Waals surface area contributed by atoms with Crippen molar-refractivity contribution in [3.05, 3.63) is 55.4 Å². The van der Waals surface area contributed by atoms with Crippen LogP contribution in [0.4, 0.5) is 5.69 Å². The van der Waals surface area contributed by atoms with Crippen LogP contribution in [0.2, 0.25) is 5.02 Å². The van der Waals surface area contributed by atoms with Crippen LogP contribution in [0.25, 0.3) is 10.9 Å². The molecule has 0 aliphatic rings. The Morgan fingerprint density at radius 3 is 2.71 bits per heavy atom. The lowest BCUT2D eigenvalue weighted by molar-refractivity contribution is 0.0995. The zero-order valence-corrected chi connectivity index (χ0v) is 16.2. The summed E-state index contributed by atoms with van der Waals surface area (Å²) < 4.78 is 1.54. The summed E-state index contributed by atoms with van der Waals surface area (Å²) in [7, 11) is 0. The number of nitrogens with zero attached hydrogens (tertiary/aromatic N) is 2. The van der Waals surface area contributed by atoms with Crippen LogP contribution in [0.15, 0.2) is 49.5 Å². The number of rotatable bonds is 2. The summed E-state index contributed by atoms with van der Waals surface area (Å²) >= 11 is 12.8. The topological polar surface area (TPSA) is 77.8 Å². The molecule has 1 amide bonds. The highest BCUT2D eigenvalue weighted by molar-refractivity contribution is 9.11. The number of benzene rings is 2. The van der Waals surface area contributed by atoms with Crippen molar-refractivity contribution >= 4 is 66.0 Å². The Morgan fingerprint density at radius 1 is 1.25 bits per heavy atom. The van der Waals surface area contributed by atoms with Gasteiger partial charge in [0.05, 0.1) is 16.1 Å². The second-order valence-electron chi connectivity index (χ2n) is 5.12. The highest BCUT2D eigenvalue weighted by Crippen LogP contribution is 2.40. The predicted molar refractivity (Wildman–Crippen MR) is 100 cm³/mol. The zero-order chi connectivity index (χ0) is 17.4. The fraction of sp³-hybridized carbons (Fsp3) is 0.0625. The van der Waals surface area contributed by atoms with E-state index in [2.05, 4.69) is 47.1 Å². The van der Waals surface area contributed by atoms with Crippen molar-refractivity contribution in [2.75, 3.05) is 0 Å². The fourth-order valence-electron chi connectivity index (χ4n) is 2.24. The standard InChI is InChI=1S/C16H10Br2ClN3O2/c1-7-2-3-9(12(19)4-7)15(23)22-21-14-10-5-8(17)6-11(18)13(10)20-16(14)24/h2-6,20,24H,1H3. The predicted octanol–water partition coefficient (Wildman–Crippen LogP) is 6.28. The monoisotopic (exact) mass is 469 g/mol. The van der Waals surface area contributed by atoms with Crippen LogP contribution in [0, 0.1) is 6.92 Å². The molecule has 2 aromatic carbocycles. The van der Waals surface area contributed by atoms with Crippen LogP contribution < -0.4 is 0 Å². The molecule has 3 aromatic rings. The third kappa shape index (κ3) is 3.24. The maximum atomic E-state index is 12.2. The lowest BCUT2D eigenvalue weighted by Gasteiger charge is -2.00. The van der Waals surface area contributed by atoms with Crippen LogP contribution in [-0.2, 0) is 0 Å². The van der Waals surface area contributed by atoms with Gasteiger partial charge in [0.15, 0.2) is 5.69 Å². The van der Waals surface area contributed by atoms with Crippen molar-refractivity contribution in [1.82, 2.24) is 4.98 Å². The summed E-state index contributed by atoms with van der Waals surface area (Å²) in [5, 5.41) is 18.6. The number of carbonyl (C=O) groups is 1. The fourth-order valence-corrected chi connectivity index (χ4v) is 3.88. The van der Waals surface area contributed by atoms with E-state index in [1.54, 1.807) is 24.3 Å². The van der Waals surface area contributed by atoms with E-state index in [0.717, 1.165) is 14.5 Å². The van der Waals surface area contributed by atoms with Crippen LogP contribution in [0.3, 0.4) is 0 Å². The quantitative estimate of drug-likeness (QED) is 0.431. The minimum Gasteiger partial charge on any atom is -0.493 e.